The van der Waals surface area contributed by atoms with Crippen molar-refractivity contribution >= 4 is 34.2 Å². The lowest BCUT2D eigenvalue weighted by Gasteiger charge is -2.28. The summed E-state index contributed by atoms with van der Waals surface area (Å²) in [5.41, 5.74) is 0.759. The summed E-state index contributed by atoms with van der Waals surface area (Å²) in [6.07, 6.45) is -0.244. The molecule has 6 nitrogen and oxygen atoms in total. The molecular formula is C25H26ClF3N4O2. The normalized spacial score (nSPS) is 25.5. The lowest BCUT2D eigenvalue weighted by molar-refractivity contribution is -0.182. The van der Waals surface area contributed by atoms with Crippen LogP contribution in [0.5, 0.6) is 0 Å². The summed E-state index contributed by atoms with van der Waals surface area (Å²) >= 11 is 6.01. The molecule has 1 amide bonds. The SMILES string of the molecule is O=C(Nc1ccc2cc(Cl)ccc2n1)[C@H]1CC[C@H](c2nnc([C@H]3CC[C@H](C(F)(F)F)CC3)o2)CC1. The number of carbonyl (C=O) groups excluding carboxylic acids is 1. The Morgan fingerprint density at radius 2 is 1.54 bits per heavy atom. The number of aromatic nitrogens is 3. The number of alkyl halides is 3. The zero-order valence-corrected chi connectivity index (χ0v) is 19.8. The summed E-state index contributed by atoms with van der Waals surface area (Å²) in [4.78, 5) is 17.3. The zero-order valence-electron chi connectivity index (χ0n) is 19.0. The fraction of sp³-hybridized carbons (Fsp3) is 0.520. The molecule has 0 bridgehead atoms. The summed E-state index contributed by atoms with van der Waals surface area (Å²) in [5, 5.41) is 12.8. The van der Waals surface area contributed by atoms with Crippen molar-refractivity contribution in [2.45, 2.75) is 69.4 Å². The van der Waals surface area contributed by atoms with Crippen molar-refractivity contribution in [3.05, 3.63) is 47.1 Å². The predicted octanol–water partition coefficient (Wildman–Crippen LogP) is 7.02. The monoisotopic (exact) mass is 506 g/mol. The van der Waals surface area contributed by atoms with E-state index in [0.29, 0.717) is 48.3 Å². The molecular weight excluding hydrogens is 481 g/mol. The van der Waals surface area contributed by atoms with E-state index in [1.165, 1.54) is 0 Å². The topological polar surface area (TPSA) is 80.9 Å². The molecule has 2 fully saturated rings. The Labute approximate surface area is 205 Å². The van der Waals surface area contributed by atoms with Crippen molar-refractivity contribution in [1.82, 2.24) is 15.2 Å². The van der Waals surface area contributed by atoms with E-state index in [1.54, 1.807) is 12.1 Å². The number of pyridine rings is 1. The van der Waals surface area contributed by atoms with Gasteiger partial charge in [0.15, 0.2) is 0 Å². The predicted molar refractivity (Wildman–Crippen MR) is 125 cm³/mol. The first kappa shape index (κ1) is 24.0. The van der Waals surface area contributed by atoms with Gasteiger partial charge in [0.2, 0.25) is 17.7 Å². The fourth-order valence-corrected chi connectivity index (χ4v) is 5.42. The number of fused-ring (bicyclic) bond motifs is 1. The van der Waals surface area contributed by atoms with Crippen LogP contribution < -0.4 is 5.32 Å². The number of rotatable bonds is 4. The molecule has 10 heteroatoms. The smallest absolute Gasteiger partial charge is 0.391 e. The largest absolute Gasteiger partial charge is 0.425 e. The molecule has 1 N–H and O–H groups in total. The number of nitrogens with zero attached hydrogens (tertiary/aromatic N) is 3. The number of anilines is 1. The van der Waals surface area contributed by atoms with Gasteiger partial charge in [0, 0.05) is 28.2 Å². The lowest BCUT2D eigenvalue weighted by Crippen LogP contribution is -2.27. The van der Waals surface area contributed by atoms with Crippen LogP contribution in [0.4, 0.5) is 19.0 Å². The molecule has 5 rings (SSSR count). The average Bonchev–Trinajstić information content (AvgIpc) is 3.34. The third-order valence-corrected chi connectivity index (χ3v) is 7.58. The molecule has 0 saturated heterocycles. The van der Waals surface area contributed by atoms with Crippen LogP contribution in [0.1, 0.15) is 75.0 Å². The summed E-state index contributed by atoms with van der Waals surface area (Å²) in [7, 11) is 0. The summed E-state index contributed by atoms with van der Waals surface area (Å²) in [6.45, 7) is 0. The van der Waals surface area contributed by atoms with Crippen molar-refractivity contribution in [1.29, 1.82) is 0 Å². The molecule has 186 valence electrons. The highest BCUT2D eigenvalue weighted by molar-refractivity contribution is 6.31. The minimum atomic E-state index is -4.13. The van der Waals surface area contributed by atoms with Gasteiger partial charge >= 0.3 is 6.18 Å². The number of hydrogen-bond acceptors (Lipinski definition) is 5. The van der Waals surface area contributed by atoms with Gasteiger partial charge in [-0.15, -0.1) is 10.2 Å². The van der Waals surface area contributed by atoms with Crippen LogP contribution in [0.15, 0.2) is 34.7 Å². The number of halogens is 4. The van der Waals surface area contributed by atoms with Gasteiger partial charge in [-0.25, -0.2) is 4.98 Å². The Morgan fingerprint density at radius 3 is 2.17 bits per heavy atom. The summed E-state index contributed by atoms with van der Waals surface area (Å²) in [6, 6.07) is 9.06. The van der Waals surface area contributed by atoms with Crippen LogP contribution in [0.2, 0.25) is 5.02 Å². The molecule has 0 radical (unpaired) electrons. The van der Waals surface area contributed by atoms with E-state index >= 15 is 0 Å². The lowest BCUT2D eigenvalue weighted by atomic mass is 9.81. The highest BCUT2D eigenvalue weighted by Crippen LogP contribution is 2.43. The molecule has 1 aromatic carbocycles. The molecule has 2 aliphatic rings. The van der Waals surface area contributed by atoms with Gasteiger partial charge in [0.1, 0.15) is 5.82 Å². The minimum Gasteiger partial charge on any atom is -0.425 e. The Bertz CT molecular complexity index is 1200. The maximum Gasteiger partial charge on any atom is 0.391 e. The number of nitrogens with one attached hydrogen (secondary N) is 1. The van der Waals surface area contributed by atoms with Crippen LogP contribution >= 0.6 is 11.6 Å². The molecule has 2 heterocycles. The van der Waals surface area contributed by atoms with Gasteiger partial charge < -0.3 is 9.73 Å². The van der Waals surface area contributed by atoms with Gasteiger partial charge in [-0.2, -0.15) is 13.2 Å². The average molecular weight is 507 g/mol. The summed E-state index contributed by atoms with van der Waals surface area (Å²) in [5.74, 6) is 0.0270. The van der Waals surface area contributed by atoms with Crippen molar-refractivity contribution < 1.29 is 22.4 Å². The number of carbonyl (C=O) groups is 1. The molecule has 0 unspecified atom stereocenters. The Balaban J connectivity index is 1.13. The molecule has 2 aromatic heterocycles. The number of hydrogen-bond donors (Lipinski definition) is 1. The van der Waals surface area contributed by atoms with E-state index in [9.17, 15) is 18.0 Å². The van der Waals surface area contributed by atoms with Crippen LogP contribution in [0.25, 0.3) is 10.9 Å². The van der Waals surface area contributed by atoms with E-state index < -0.39 is 12.1 Å². The third-order valence-electron chi connectivity index (χ3n) is 7.35. The van der Waals surface area contributed by atoms with Crippen LogP contribution in [0.3, 0.4) is 0 Å². The van der Waals surface area contributed by atoms with E-state index in [0.717, 1.165) is 23.7 Å². The van der Waals surface area contributed by atoms with Crippen molar-refractivity contribution in [3.63, 3.8) is 0 Å². The molecule has 2 aliphatic carbocycles. The van der Waals surface area contributed by atoms with Gasteiger partial charge in [0.25, 0.3) is 0 Å². The maximum absolute atomic E-state index is 12.9. The minimum absolute atomic E-state index is 0.0584. The van der Waals surface area contributed by atoms with Gasteiger partial charge in [-0.05, 0) is 81.7 Å². The maximum atomic E-state index is 12.9. The molecule has 2 saturated carbocycles. The second kappa shape index (κ2) is 9.76. The van der Waals surface area contributed by atoms with Gasteiger partial charge in [-0.1, -0.05) is 11.6 Å². The second-order valence-corrected chi connectivity index (χ2v) is 10.1. The van der Waals surface area contributed by atoms with Crippen LogP contribution in [-0.4, -0.2) is 27.3 Å². The second-order valence-electron chi connectivity index (χ2n) is 9.64. The molecule has 35 heavy (non-hydrogen) atoms. The van der Waals surface area contributed by atoms with E-state index in [-0.39, 0.29) is 36.5 Å². The number of amides is 1. The molecule has 0 atom stereocenters. The van der Waals surface area contributed by atoms with Crippen LogP contribution in [-0.2, 0) is 4.79 Å². The third kappa shape index (κ3) is 5.44. The van der Waals surface area contributed by atoms with Crippen molar-refractivity contribution in [2.75, 3.05) is 5.32 Å². The van der Waals surface area contributed by atoms with Gasteiger partial charge in [-0.3, -0.25) is 4.79 Å². The Morgan fingerprint density at radius 1 is 0.914 bits per heavy atom. The van der Waals surface area contributed by atoms with E-state index in [2.05, 4.69) is 20.5 Å². The molecule has 0 aliphatic heterocycles. The first-order chi connectivity index (χ1) is 16.8. The zero-order chi connectivity index (χ0) is 24.6. The first-order valence-electron chi connectivity index (χ1n) is 12.0. The van der Waals surface area contributed by atoms with E-state index in [4.69, 9.17) is 16.0 Å². The Hall–Kier alpha value is -2.68. The molecule has 0 spiro atoms. The first-order valence-corrected chi connectivity index (χ1v) is 12.4. The van der Waals surface area contributed by atoms with Crippen molar-refractivity contribution in [3.8, 4) is 0 Å². The van der Waals surface area contributed by atoms with Crippen LogP contribution in [0, 0.1) is 11.8 Å². The highest BCUT2D eigenvalue weighted by Gasteiger charge is 2.42. The fourth-order valence-electron chi connectivity index (χ4n) is 5.24. The Kier molecular flexibility index (Phi) is 6.70. The summed E-state index contributed by atoms with van der Waals surface area (Å²) < 4.78 is 44.6. The number of benzene rings is 1. The quantitative estimate of drug-likeness (QED) is 0.411. The standard InChI is InChI=1S/C25H26ClF3N4O2/c26-19-10-11-20-17(13-19)7-12-21(30-20)31-22(34)14-1-3-15(4-2-14)23-32-33-24(35-23)16-5-8-18(9-6-16)25(27,28)29/h7,10-16,18H,1-6,8-9H2,(H,30,31,34)/t14-,15-,16-,18-. The highest BCUT2D eigenvalue weighted by atomic mass is 35.5. The van der Waals surface area contributed by atoms with E-state index in [1.807, 2.05) is 18.2 Å². The van der Waals surface area contributed by atoms with Gasteiger partial charge in [0.05, 0.1) is 11.4 Å². The molecule has 3 aromatic rings. The van der Waals surface area contributed by atoms with Crippen molar-refractivity contribution in [2.24, 2.45) is 11.8 Å².